The predicted molar refractivity (Wildman–Crippen MR) is 138 cm³/mol. The maximum atomic E-state index is 13.9. The molecule has 2 aliphatic heterocycles. The lowest BCUT2D eigenvalue weighted by molar-refractivity contribution is -0.300. The van der Waals surface area contributed by atoms with Crippen LogP contribution in [0.1, 0.15) is 49.7 Å². The van der Waals surface area contributed by atoms with Gasteiger partial charge in [0.1, 0.15) is 0 Å². The van der Waals surface area contributed by atoms with Gasteiger partial charge in [-0.25, -0.2) is 0 Å². The maximum Gasteiger partial charge on any atom is 0.207 e. The second kappa shape index (κ2) is 12.8. The fraction of sp³-hybridized carbons (Fsp3) is 0.600. The lowest BCUT2D eigenvalue weighted by atomic mass is 9.76. The molecule has 0 amide bonds. The molecule has 2 aromatic carbocycles. The third-order valence-electron chi connectivity index (χ3n) is 8.22. The lowest BCUT2D eigenvalue weighted by Gasteiger charge is -2.45. The monoisotopic (exact) mass is 463 g/mol. The summed E-state index contributed by atoms with van der Waals surface area (Å²) in [4.78, 5) is 5.08. The molecular formula is C30H43N2O2. The molecule has 34 heavy (non-hydrogen) atoms. The van der Waals surface area contributed by atoms with Crippen LogP contribution in [0.4, 0.5) is 0 Å². The average Bonchev–Trinajstić information content (AvgIpc) is 2.91. The van der Waals surface area contributed by atoms with E-state index in [0.29, 0.717) is 0 Å². The maximum absolute atomic E-state index is 13.9. The molecule has 2 aliphatic rings. The minimum atomic E-state index is -1.22. The van der Waals surface area contributed by atoms with E-state index in [1.54, 1.807) is 7.11 Å². The third kappa shape index (κ3) is 6.91. The Kier molecular flexibility index (Phi) is 9.58. The Bertz CT molecular complexity index is 814. The van der Waals surface area contributed by atoms with E-state index in [9.17, 15) is 5.11 Å². The van der Waals surface area contributed by atoms with Gasteiger partial charge in [0.25, 0.3) is 0 Å². The number of benzene rings is 2. The van der Waals surface area contributed by atoms with Crippen LogP contribution in [0.3, 0.4) is 0 Å². The molecule has 0 aromatic heterocycles. The van der Waals surface area contributed by atoms with Crippen LogP contribution in [0.2, 0.25) is 0 Å². The first kappa shape index (κ1) is 25.4. The molecule has 2 heterocycles. The molecule has 0 N–H and O–H groups in total. The van der Waals surface area contributed by atoms with Crippen LogP contribution < -0.4 is 0 Å². The third-order valence-corrected chi connectivity index (χ3v) is 8.22. The van der Waals surface area contributed by atoms with E-state index in [-0.39, 0.29) is 11.8 Å². The molecule has 0 saturated carbocycles. The summed E-state index contributed by atoms with van der Waals surface area (Å²) in [7, 11) is 1.66. The van der Waals surface area contributed by atoms with E-state index in [1.807, 2.05) is 0 Å². The Morgan fingerprint density at radius 1 is 0.706 bits per heavy atom. The fourth-order valence-electron chi connectivity index (χ4n) is 6.03. The van der Waals surface area contributed by atoms with E-state index in [0.717, 1.165) is 77.8 Å². The SMILES string of the molecule is COC([O])(C1CCN(CCCCc2ccccc2)CC1)C1CCN(CCc2ccccc2)CC1. The topological polar surface area (TPSA) is 35.6 Å². The number of ether oxygens (including phenoxy) is 1. The van der Waals surface area contributed by atoms with Crippen molar-refractivity contribution in [1.29, 1.82) is 0 Å². The van der Waals surface area contributed by atoms with Gasteiger partial charge in [-0.1, -0.05) is 60.7 Å². The lowest BCUT2D eigenvalue weighted by Crippen LogP contribution is -2.53. The molecule has 2 saturated heterocycles. The van der Waals surface area contributed by atoms with E-state index in [2.05, 4.69) is 70.5 Å². The standard InChI is InChI=1S/C30H43N2O2/c1-34-30(33,29-18-24-32(25-19-29)21-15-27-12-6-3-7-13-27)28-16-22-31(23-17-28)20-9-8-14-26-10-4-2-5-11-26/h2-7,10-13,28-29H,8-9,14-25H2,1H3. The summed E-state index contributed by atoms with van der Waals surface area (Å²) in [5.74, 6) is -0.947. The first-order valence-electron chi connectivity index (χ1n) is 13.5. The zero-order valence-electron chi connectivity index (χ0n) is 21.0. The number of hydrogen-bond acceptors (Lipinski definition) is 3. The zero-order valence-corrected chi connectivity index (χ0v) is 21.0. The van der Waals surface area contributed by atoms with Gasteiger partial charge >= 0.3 is 0 Å². The van der Waals surface area contributed by atoms with Crippen molar-refractivity contribution < 1.29 is 9.84 Å². The number of methoxy groups -OCH3 is 1. The Hall–Kier alpha value is -1.72. The molecule has 4 heteroatoms. The summed E-state index contributed by atoms with van der Waals surface area (Å²) in [6, 6.07) is 21.5. The molecule has 0 aliphatic carbocycles. The number of piperidine rings is 2. The smallest absolute Gasteiger partial charge is 0.207 e. The molecule has 0 bridgehead atoms. The first-order valence-corrected chi connectivity index (χ1v) is 13.5. The van der Waals surface area contributed by atoms with Crippen LogP contribution >= 0.6 is 0 Å². The highest BCUT2D eigenvalue weighted by Crippen LogP contribution is 2.40. The second-order valence-corrected chi connectivity index (χ2v) is 10.3. The largest absolute Gasteiger partial charge is 0.350 e. The van der Waals surface area contributed by atoms with Crippen molar-refractivity contribution in [3.8, 4) is 0 Å². The Morgan fingerprint density at radius 3 is 1.68 bits per heavy atom. The van der Waals surface area contributed by atoms with Crippen LogP contribution in [-0.4, -0.2) is 62.0 Å². The van der Waals surface area contributed by atoms with Gasteiger partial charge in [0.15, 0.2) is 0 Å². The number of likely N-dealkylation sites (tertiary alicyclic amines) is 2. The molecule has 0 spiro atoms. The van der Waals surface area contributed by atoms with E-state index < -0.39 is 5.79 Å². The van der Waals surface area contributed by atoms with Crippen LogP contribution in [0.25, 0.3) is 0 Å². The van der Waals surface area contributed by atoms with Gasteiger partial charge in [-0.3, -0.25) is 0 Å². The van der Waals surface area contributed by atoms with E-state index in [1.165, 1.54) is 24.0 Å². The summed E-state index contributed by atoms with van der Waals surface area (Å²) >= 11 is 0. The van der Waals surface area contributed by atoms with E-state index in [4.69, 9.17) is 4.74 Å². The summed E-state index contributed by atoms with van der Waals surface area (Å²) in [6.07, 6.45) is 8.59. The summed E-state index contributed by atoms with van der Waals surface area (Å²) < 4.78 is 5.77. The Balaban J connectivity index is 1.16. The normalized spacial score (nSPS) is 20.9. The highest BCUT2D eigenvalue weighted by Gasteiger charge is 2.47. The zero-order chi connectivity index (χ0) is 23.6. The Labute approximate surface area is 206 Å². The average molecular weight is 464 g/mol. The summed E-state index contributed by atoms with van der Waals surface area (Å²) in [5, 5.41) is 13.9. The van der Waals surface area contributed by atoms with Gasteiger partial charge in [-0.15, -0.1) is 0 Å². The quantitative estimate of drug-likeness (QED) is 0.328. The highest BCUT2D eigenvalue weighted by atomic mass is 16.6. The van der Waals surface area contributed by atoms with Crippen molar-refractivity contribution in [2.45, 2.75) is 57.2 Å². The van der Waals surface area contributed by atoms with Gasteiger partial charge < -0.3 is 14.5 Å². The van der Waals surface area contributed by atoms with E-state index >= 15 is 0 Å². The number of nitrogens with zero attached hydrogens (tertiary/aromatic N) is 2. The molecule has 1 atom stereocenters. The van der Waals surface area contributed by atoms with Crippen LogP contribution in [-0.2, 0) is 22.7 Å². The molecule has 4 nitrogen and oxygen atoms in total. The molecule has 2 aromatic rings. The Morgan fingerprint density at radius 2 is 1.18 bits per heavy atom. The van der Waals surface area contributed by atoms with Crippen LogP contribution in [0.15, 0.2) is 60.7 Å². The van der Waals surface area contributed by atoms with Crippen LogP contribution in [0.5, 0.6) is 0 Å². The number of rotatable bonds is 11. The van der Waals surface area contributed by atoms with Crippen molar-refractivity contribution >= 4 is 0 Å². The fourth-order valence-corrected chi connectivity index (χ4v) is 6.03. The van der Waals surface area contributed by atoms with Gasteiger partial charge in [-0.05, 0) is 95.2 Å². The first-order chi connectivity index (χ1) is 16.7. The highest BCUT2D eigenvalue weighted by molar-refractivity contribution is 5.15. The molecule has 1 unspecified atom stereocenters. The molecular weight excluding hydrogens is 420 g/mol. The molecule has 4 rings (SSSR count). The molecule has 2 fully saturated rings. The van der Waals surface area contributed by atoms with Gasteiger partial charge in [0, 0.05) is 25.5 Å². The molecule has 1 radical (unpaired) electrons. The van der Waals surface area contributed by atoms with Crippen molar-refractivity contribution in [1.82, 2.24) is 9.80 Å². The minimum absolute atomic E-state index is 0.132. The molecule has 185 valence electrons. The van der Waals surface area contributed by atoms with Gasteiger partial charge in [0.2, 0.25) is 5.79 Å². The van der Waals surface area contributed by atoms with Crippen LogP contribution in [0, 0.1) is 11.8 Å². The summed E-state index contributed by atoms with van der Waals surface area (Å²) in [6.45, 7) is 6.35. The number of hydrogen-bond donors (Lipinski definition) is 0. The van der Waals surface area contributed by atoms with Gasteiger partial charge in [0.05, 0.1) is 0 Å². The van der Waals surface area contributed by atoms with Crippen molar-refractivity contribution in [2.75, 3.05) is 46.4 Å². The number of unbranched alkanes of at least 4 members (excludes halogenated alkanes) is 1. The predicted octanol–water partition coefficient (Wildman–Crippen LogP) is 5.45. The number of aryl methyl sites for hydroxylation is 1. The van der Waals surface area contributed by atoms with Gasteiger partial charge in [-0.2, -0.15) is 5.11 Å². The van der Waals surface area contributed by atoms with Crippen molar-refractivity contribution in [3.63, 3.8) is 0 Å². The minimum Gasteiger partial charge on any atom is -0.350 e. The van der Waals surface area contributed by atoms with Crippen molar-refractivity contribution in [3.05, 3.63) is 71.8 Å². The van der Waals surface area contributed by atoms with Crippen molar-refractivity contribution in [2.24, 2.45) is 11.8 Å². The summed E-state index contributed by atoms with van der Waals surface area (Å²) in [5.41, 5.74) is 2.83. The second-order valence-electron chi connectivity index (χ2n) is 10.3.